The van der Waals surface area contributed by atoms with Crippen molar-refractivity contribution in [2.24, 2.45) is 0 Å². The molecule has 0 bridgehead atoms. The van der Waals surface area contributed by atoms with Crippen LogP contribution in [-0.4, -0.2) is 19.9 Å². The largest absolute Gasteiger partial charge is 0.399 e. The fraction of sp³-hybridized carbons (Fsp3) is 0.182. The summed E-state index contributed by atoms with van der Waals surface area (Å²) in [6.45, 7) is 0.163. The first-order valence-electron chi connectivity index (χ1n) is 5.41. The number of aromatic nitrogens is 1. The van der Waals surface area contributed by atoms with Crippen molar-refractivity contribution in [2.75, 3.05) is 12.3 Å². The number of nitrogens with one attached hydrogen (secondary N) is 1. The number of hydrogen-bond donors (Lipinski definition) is 2. The van der Waals surface area contributed by atoms with Crippen molar-refractivity contribution in [1.29, 1.82) is 0 Å². The third-order valence-corrected chi connectivity index (χ3v) is 4.53. The van der Waals surface area contributed by atoms with Gasteiger partial charge in [-0.05, 0) is 18.2 Å². The van der Waals surface area contributed by atoms with Crippen molar-refractivity contribution in [1.82, 2.24) is 9.71 Å². The average molecular weight is 301 g/mol. The Morgan fingerprint density at radius 2 is 2.21 bits per heavy atom. The maximum Gasteiger partial charge on any atom is 0.243 e. The van der Waals surface area contributed by atoms with Crippen LogP contribution in [0.4, 0.5) is 10.1 Å². The van der Waals surface area contributed by atoms with Crippen LogP contribution >= 0.6 is 11.3 Å². The highest BCUT2D eigenvalue weighted by Gasteiger charge is 2.18. The first kappa shape index (κ1) is 13.9. The van der Waals surface area contributed by atoms with E-state index in [-0.39, 0.29) is 12.2 Å². The Bertz CT molecular complexity index is 657. The Balaban J connectivity index is 2.05. The van der Waals surface area contributed by atoms with Crippen LogP contribution in [0.15, 0.2) is 34.0 Å². The molecule has 0 aliphatic heterocycles. The molecule has 5 nitrogen and oxygen atoms in total. The van der Waals surface area contributed by atoms with Gasteiger partial charge in [-0.3, -0.25) is 0 Å². The summed E-state index contributed by atoms with van der Waals surface area (Å²) in [7, 11) is -3.87. The lowest BCUT2D eigenvalue weighted by Gasteiger charge is -2.07. The molecule has 102 valence electrons. The minimum atomic E-state index is -3.87. The first-order chi connectivity index (χ1) is 8.99. The average Bonchev–Trinajstić information content (AvgIpc) is 2.81. The number of nitrogen functional groups attached to an aromatic ring is 1. The van der Waals surface area contributed by atoms with E-state index in [0.717, 1.165) is 17.8 Å². The number of anilines is 1. The quantitative estimate of drug-likeness (QED) is 0.817. The number of benzene rings is 1. The van der Waals surface area contributed by atoms with Crippen LogP contribution in [0.1, 0.15) is 5.69 Å². The van der Waals surface area contributed by atoms with E-state index in [1.807, 2.05) is 5.38 Å². The Morgan fingerprint density at radius 1 is 1.42 bits per heavy atom. The Labute approximate surface area is 114 Å². The second-order valence-corrected chi connectivity index (χ2v) is 6.27. The van der Waals surface area contributed by atoms with Gasteiger partial charge in [0.2, 0.25) is 10.0 Å². The van der Waals surface area contributed by atoms with Crippen molar-refractivity contribution in [3.05, 3.63) is 40.6 Å². The van der Waals surface area contributed by atoms with E-state index < -0.39 is 20.7 Å². The predicted octanol–water partition coefficient (Wildman–Crippen LogP) is 1.39. The first-order valence-corrected chi connectivity index (χ1v) is 7.83. The standard InChI is InChI=1S/C11H12FN3O2S2/c12-10-5-8(13)1-2-11(10)19(16,17)15-4-3-9-6-18-7-14-9/h1-2,5-7,15H,3-4,13H2. The van der Waals surface area contributed by atoms with Crippen LogP contribution in [0, 0.1) is 5.82 Å². The minimum absolute atomic E-state index is 0.163. The normalized spacial score (nSPS) is 11.6. The van der Waals surface area contributed by atoms with Crippen molar-refractivity contribution < 1.29 is 12.8 Å². The molecule has 3 N–H and O–H groups in total. The minimum Gasteiger partial charge on any atom is -0.399 e. The zero-order valence-electron chi connectivity index (χ0n) is 9.84. The lowest BCUT2D eigenvalue weighted by atomic mass is 10.3. The summed E-state index contributed by atoms with van der Waals surface area (Å²) in [6.07, 6.45) is 0.458. The van der Waals surface area contributed by atoms with E-state index in [1.54, 1.807) is 5.51 Å². The maximum absolute atomic E-state index is 13.5. The van der Waals surface area contributed by atoms with Crippen LogP contribution in [0.2, 0.25) is 0 Å². The third-order valence-electron chi connectivity index (χ3n) is 2.40. The van der Waals surface area contributed by atoms with E-state index in [1.165, 1.54) is 17.4 Å². The number of halogens is 1. The molecule has 0 spiro atoms. The van der Waals surface area contributed by atoms with Gasteiger partial charge in [0.05, 0.1) is 11.2 Å². The highest BCUT2D eigenvalue weighted by molar-refractivity contribution is 7.89. The number of hydrogen-bond acceptors (Lipinski definition) is 5. The van der Waals surface area contributed by atoms with Gasteiger partial charge in [0.25, 0.3) is 0 Å². The molecule has 0 amide bonds. The summed E-state index contributed by atoms with van der Waals surface area (Å²) in [5.74, 6) is -0.860. The molecule has 1 heterocycles. The molecular formula is C11H12FN3O2S2. The molecule has 2 rings (SSSR count). The number of nitrogens with two attached hydrogens (primary N) is 1. The Morgan fingerprint density at radius 3 is 2.84 bits per heavy atom. The summed E-state index contributed by atoms with van der Waals surface area (Å²) < 4.78 is 39.6. The molecule has 19 heavy (non-hydrogen) atoms. The summed E-state index contributed by atoms with van der Waals surface area (Å²) in [5.41, 5.74) is 8.02. The number of rotatable bonds is 5. The van der Waals surface area contributed by atoms with Gasteiger partial charge in [0.1, 0.15) is 10.7 Å². The number of nitrogens with zero attached hydrogens (tertiary/aromatic N) is 1. The third kappa shape index (κ3) is 3.49. The van der Waals surface area contributed by atoms with Gasteiger partial charge in [-0.15, -0.1) is 11.3 Å². The summed E-state index contributed by atoms with van der Waals surface area (Å²) in [6, 6.07) is 3.48. The smallest absolute Gasteiger partial charge is 0.243 e. The molecular weight excluding hydrogens is 289 g/mol. The molecule has 1 aromatic heterocycles. The van der Waals surface area contributed by atoms with Gasteiger partial charge in [-0.25, -0.2) is 22.5 Å². The highest BCUT2D eigenvalue weighted by atomic mass is 32.2. The van der Waals surface area contributed by atoms with Crippen molar-refractivity contribution in [3.8, 4) is 0 Å². The SMILES string of the molecule is Nc1ccc(S(=O)(=O)NCCc2cscn2)c(F)c1. The van der Waals surface area contributed by atoms with Gasteiger partial charge in [0, 0.05) is 24.0 Å². The van der Waals surface area contributed by atoms with E-state index in [4.69, 9.17) is 5.73 Å². The molecule has 0 fully saturated rings. The highest BCUT2D eigenvalue weighted by Crippen LogP contribution is 2.16. The summed E-state index contributed by atoms with van der Waals surface area (Å²) in [5, 5.41) is 1.83. The molecule has 1 aromatic carbocycles. The molecule has 0 aliphatic rings. The van der Waals surface area contributed by atoms with E-state index in [2.05, 4.69) is 9.71 Å². The second kappa shape index (κ2) is 5.64. The monoisotopic (exact) mass is 301 g/mol. The van der Waals surface area contributed by atoms with E-state index in [0.29, 0.717) is 6.42 Å². The Hall–Kier alpha value is -1.51. The Kier molecular flexibility index (Phi) is 4.13. The lowest BCUT2D eigenvalue weighted by molar-refractivity contribution is 0.557. The molecule has 0 radical (unpaired) electrons. The predicted molar refractivity (Wildman–Crippen MR) is 71.8 cm³/mol. The van der Waals surface area contributed by atoms with Crippen LogP contribution in [0.3, 0.4) is 0 Å². The molecule has 0 saturated carbocycles. The lowest BCUT2D eigenvalue weighted by Crippen LogP contribution is -2.26. The second-order valence-electron chi connectivity index (χ2n) is 3.82. The molecule has 0 aliphatic carbocycles. The molecule has 0 saturated heterocycles. The van der Waals surface area contributed by atoms with E-state index in [9.17, 15) is 12.8 Å². The molecule has 0 unspecified atom stereocenters. The topological polar surface area (TPSA) is 85.1 Å². The van der Waals surface area contributed by atoms with E-state index >= 15 is 0 Å². The van der Waals surface area contributed by atoms with Gasteiger partial charge >= 0.3 is 0 Å². The van der Waals surface area contributed by atoms with Crippen LogP contribution in [0.25, 0.3) is 0 Å². The number of thiazole rings is 1. The van der Waals surface area contributed by atoms with Gasteiger partial charge in [-0.2, -0.15) is 0 Å². The zero-order valence-corrected chi connectivity index (χ0v) is 11.5. The van der Waals surface area contributed by atoms with Gasteiger partial charge in [-0.1, -0.05) is 0 Å². The fourth-order valence-electron chi connectivity index (χ4n) is 1.49. The van der Waals surface area contributed by atoms with Crippen LogP contribution < -0.4 is 10.5 Å². The fourth-order valence-corrected chi connectivity index (χ4v) is 3.17. The summed E-state index contributed by atoms with van der Waals surface area (Å²) >= 11 is 1.44. The van der Waals surface area contributed by atoms with Crippen molar-refractivity contribution in [3.63, 3.8) is 0 Å². The molecule has 2 aromatic rings. The summed E-state index contributed by atoms with van der Waals surface area (Å²) in [4.78, 5) is 3.63. The zero-order chi connectivity index (χ0) is 13.9. The number of sulfonamides is 1. The van der Waals surface area contributed by atoms with Crippen molar-refractivity contribution in [2.45, 2.75) is 11.3 Å². The van der Waals surface area contributed by atoms with Gasteiger partial charge < -0.3 is 5.73 Å². The maximum atomic E-state index is 13.5. The van der Waals surface area contributed by atoms with Crippen molar-refractivity contribution >= 4 is 27.0 Å². The van der Waals surface area contributed by atoms with Gasteiger partial charge in [0.15, 0.2) is 0 Å². The van der Waals surface area contributed by atoms with Crippen LogP contribution in [0.5, 0.6) is 0 Å². The molecule has 0 atom stereocenters. The van der Waals surface area contributed by atoms with Crippen LogP contribution in [-0.2, 0) is 16.4 Å². The molecule has 8 heteroatoms.